The van der Waals surface area contributed by atoms with Crippen LogP contribution in [0.15, 0.2) is 12.1 Å². The van der Waals surface area contributed by atoms with Gasteiger partial charge in [-0.2, -0.15) is 0 Å². The van der Waals surface area contributed by atoms with Crippen molar-refractivity contribution in [3.63, 3.8) is 0 Å². The third-order valence-electron chi connectivity index (χ3n) is 2.87. The lowest BCUT2D eigenvalue weighted by Gasteiger charge is -2.27. The average Bonchev–Trinajstić information content (AvgIpc) is 2.41. The van der Waals surface area contributed by atoms with E-state index in [0.29, 0.717) is 13.2 Å². The molecule has 0 radical (unpaired) electrons. The summed E-state index contributed by atoms with van der Waals surface area (Å²) in [6.45, 7) is 4.37. The van der Waals surface area contributed by atoms with Crippen LogP contribution in [0.3, 0.4) is 0 Å². The first-order valence-corrected chi connectivity index (χ1v) is 6.98. The molecule has 0 aliphatic heterocycles. The van der Waals surface area contributed by atoms with Gasteiger partial charge in [0.25, 0.3) is 11.6 Å². The largest absolute Gasteiger partial charge is 0.383 e. The van der Waals surface area contributed by atoms with Crippen molar-refractivity contribution in [2.24, 2.45) is 0 Å². The molecule has 116 valence electrons. The molecule has 6 nitrogen and oxygen atoms in total. The van der Waals surface area contributed by atoms with Gasteiger partial charge in [-0.15, -0.1) is 0 Å². The summed E-state index contributed by atoms with van der Waals surface area (Å²) in [5.41, 5.74) is -0.260. The normalized spacial score (nSPS) is 10.8. The summed E-state index contributed by atoms with van der Waals surface area (Å²) < 4.78 is 4.96. The first kappa shape index (κ1) is 17.7. The lowest BCUT2D eigenvalue weighted by atomic mass is 10.1. The smallest absolute Gasteiger partial charge is 0.271 e. The Morgan fingerprint density at radius 1 is 1.43 bits per heavy atom. The molecule has 0 bridgehead atoms. The summed E-state index contributed by atoms with van der Waals surface area (Å²) in [6, 6.07) is 2.15. The quantitative estimate of drug-likeness (QED) is 0.590. The van der Waals surface area contributed by atoms with Gasteiger partial charge < -0.3 is 9.64 Å². The molecule has 1 aromatic rings. The third kappa shape index (κ3) is 4.30. The Hall–Kier alpha value is -1.37. The maximum atomic E-state index is 12.5. The van der Waals surface area contributed by atoms with Gasteiger partial charge in [0.15, 0.2) is 0 Å². The fourth-order valence-corrected chi connectivity index (χ4v) is 2.18. The summed E-state index contributed by atoms with van der Waals surface area (Å²) >= 11 is 11.9. The van der Waals surface area contributed by atoms with Crippen LogP contribution in [0.2, 0.25) is 10.0 Å². The van der Waals surface area contributed by atoms with E-state index in [1.54, 1.807) is 0 Å². The number of nitro groups is 1. The molecule has 0 fully saturated rings. The zero-order chi connectivity index (χ0) is 16.2. The molecule has 0 heterocycles. The highest BCUT2D eigenvalue weighted by atomic mass is 35.5. The van der Waals surface area contributed by atoms with Crippen LogP contribution in [-0.2, 0) is 4.74 Å². The lowest BCUT2D eigenvalue weighted by Crippen LogP contribution is -2.39. The van der Waals surface area contributed by atoms with Crippen molar-refractivity contribution >= 4 is 34.8 Å². The van der Waals surface area contributed by atoms with E-state index in [1.165, 1.54) is 12.0 Å². The fourth-order valence-electron chi connectivity index (χ4n) is 1.77. The zero-order valence-corrected chi connectivity index (χ0v) is 13.4. The van der Waals surface area contributed by atoms with Crippen LogP contribution in [0.1, 0.15) is 24.2 Å². The molecule has 0 aliphatic carbocycles. The monoisotopic (exact) mass is 334 g/mol. The lowest BCUT2D eigenvalue weighted by molar-refractivity contribution is -0.384. The second-order valence-corrected chi connectivity index (χ2v) is 5.42. The predicted octanol–water partition coefficient (Wildman–Crippen LogP) is 3.40. The molecule has 1 amide bonds. The maximum absolute atomic E-state index is 12.5. The van der Waals surface area contributed by atoms with Gasteiger partial charge in [-0.1, -0.05) is 23.2 Å². The van der Waals surface area contributed by atoms with Gasteiger partial charge in [-0.05, 0) is 13.8 Å². The Balaban J connectivity index is 3.23. The summed E-state index contributed by atoms with van der Waals surface area (Å²) in [7, 11) is 1.53. The van der Waals surface area contributed by atoms with Gasteiger partial charge in [-0.25, -0.2) is 0 Å². The maximum Gasteiger partial charge on any atom is 0.271 e. The minimum absolute atomic E-state index is 0.00957. The highest BCUT2D eigenvalue weighted by Crippen LogP contribution is 2.31. The number of carbonyl (C=O) groups is 1. The number of hydrogen-bond acceptors (Lipinski definition) is 4. The first-order valence-electron chi connectivity index (χ1n) is 6.23. The van der Waals surface area contributed by atoms with Crippen molar-refractivity contribution in [1.29, 1.82) is 0 Å². The number of halogens is 2. The molecular formula is C13H16Cl2N2O4. The number of benzene rings is 1. The van der Waals surface area contributed by atoms with Crippen LogP contribution in [0.4, 0.5) is 5.69 Å². The molecular weight excluding hydrogens is 319 g/mol. The SMILES string of the molecule is COCCN(C(=O)c1cc([N+](=O)[O-])cc(Cl)c1Cl)C(C)C. The second kappa shape index (κ2) is 7.59. The topological polar surface area (TPSA) is 72.7 Å². The fraction of sp³-hybridized carbons (Fsp3) is 0.462. The number of non-ortho nitro benzene ring substituents is 1. The van der Waals surface area contributed by atoms with E-state index < -0.39 is 10.8 Å². The minimum Gasteiger partial charge on any atom is -0.383 e. The number of nitro benzene ring substituents is 1. The standard InChI is InChI=1S/C13H16Cl2N2O4/c1-8(2)16(4-5-21-3)13(18)10-6-9(17(19)20)7-11(14)12(10)15/h6-8H,4-5H2,1-3H3. The van der Waals surface area contributed by atoms with Crippen molar-refractivity contribution in [3.05, 3.63) is 37.9 Å². The molecule has 8 heteroatoms. The minimum atomic E-state index is -0.617. The van der Waals surface area contributed by atoms with Crippen molar-refractivity contribution in [1.82, 2.24) is 4.90 Å². The van der Waals surface area contributed by atoms with Crippen LogP contribution in [-0.4, -0.2) is 42.0 Å². The Bertz CT molecular complexity index is 549. The van der Waals surface area contributed by atoms with Crippen molar-refractivity contribution in [3.8, 4) is 0 Å². The Labute approximate surface area is 132 Å². The third-order valence-corrected chi connectivity index (χ3v) is 3.68. The van der Waals surface area contributed by atoms with E-state index in [2.05, 4.69) is 0 Å². The number of hydrogen-bond donors (Lipinski definition) is 0. The van der Waals surface area contributed by atoms with Crippen molar-refractivity contribution < 1.29 is 14.5 Å². The highest BCUT2D eigenvalue weighted by molar-refractivity contribution is 6.44. The molecule has 0 N–H and O–H groups in total. The number of carbonyl (C=O) groups excluding carboxylic acids is 1. The van der Waals surface area contributed by atoms with E-state index in [4.69, 9.17) is 27.9 Å². The van der Waals surface area contributed by atoms with Crippen molar-refractivity contribution in [2.75, 3.05) is 20.3 Å². The van der Waals surface area contributed by atoms with Gasteiger partial charge in [-0.3, -0.25) is 14.9 Å². The molecule has 0 aliphatic rings. The number of methoxy groups -OCH3 is 1. The molecule has 0 atom stereocenters. The van der Waals surface area contributed by atoms with Crippen LogP contribution < -0.4 is 0 Å². The van der Waals surface area contributed by atoms with Gasteiger partial charge in [0.05, 0.1) is 27.1 Å². The molecule has 1 rings (SSSR count). The molecule has 21 heavy (non-hydrogen) atoms. The molecule has 0 aromatic heterocycles. The summed E-state index contributed by atoms with van der Waals surface area (Å²) in [6.07, 6.45) is 0. The van der Waals surface area contributed by atoms with Gasteiger partial charge in [0, 0.05) is 31.8 Å². The van der Waals surface area contributed by atoms with Crippen LogP contribution in [0, 0.1) is 10.1 Å². The van der Waals surface area contributed by atoms with E-state index >= 15 is 0 Å². The van der Waals surface area contributed by atoms with Crippen LogP contribution in [0.5, 0.6) is 0 Å². The summed E-state index contributed by atoms with van der Waals surface area (Å²) in [4.78, 5) is 24.3. The molecule has 0 saturated heterocycles. The van der Waals surface area contributed by atoms with Crippen LogP contribution >= 0.6 is 23.2 Å². The number of rotatable bonds is 6. The van der Waals surface area contributed by atoms with E-state index in [0.717, 1.165) is 12.1 Å². The summed E-state index contributed by atoms with van der Waals surface area (Å²) in [5, 5.41) is 10.9. The number of ether oxygens (including phenoxy) is 1. The van der Waals surface area contributed by atoms with E-state index in [9.17, 15) is 14.9 Å². The van der Waals surface area contributed by atoms with Crippen LogP contribution in [0.25, 0.3) is 0 Å². The van der Waals surface area contributed by atoms with E-state index in [1.807, 2.05) is 13.8 Å². The first-order chi connectivity index (χ1) is 9.79. The Morgan fingerprint density at radius 3 is 2.52 bits per heavy atom. The Kier molecular flexibility index (Phi) is 6.39. The average molecular weight is 335 g/mol. The number of nitrogens with zero attached hydrogens (tertiary/aromatic N) is 2. The second-order valence-electron chi connectivity index (χ2n) is 4.63. The molecule has 0 unspecified atom stereocenters. The van der Waals surface area contributed by atoms with Gasteiger partial charge in [0.1, 0.15) is 0 Å². The highest BCUT2D eigenvalue weighted by Gasteiger charge is 2.25. The van der Waals surface area contributed by atoms with Gasteiger partial charge in [0.2, 0.25) is 0 Å². The van der Waals surface area contributed by atoms with Gasteiger partial charge >= 0.3 is 0 Å². The molecule has 0 spiro atoms. The predicted molar refractivity (Wildman–Crippen MR) is 81.2 cm³/mol. The molecule has 1 aromatic carbocycles. The molecule has 0 saturated carbocycles. The number of amides is 1. The van der Waals surface area contributed by atoms with E-state index in [-0.39, 0.29) is 27.3 Å². The Morgan fingerprint density at radius 2 is 2.05 bits per heavy atom. The summed E-state index contributed by atoms with van der Waals surface area (Å²) in [5.74, 6) is -0.419. The van der Waals surface area contributed by atoms with Crippen molar-refractivity contribution in [2.45, 2.75) is 19.9 Å². The zero-order valence-electron chi connectivity index (χ0n) is 11.9.